The first-order valence-electron chi connectivity index (χ1n) is 9.88. The van der Waals surface area contributed by atoms with E-state index in [-0.39, 0.29) is 35.0 Å². The number of carbonyl (C=O) groups is 2. The topological polar surface area (TPSA) is 80.5 Å². The fourth-order valence-corrected chi connectivity index (χ4v) is 5.68. The molecule has 0 spiro atoms. The van der Waals surface area contributed by atoms with Gasteiger partial charge in [-0.2, -0.15) is 0 Å². The van der Waals surface area contributed by atoms with E-state index >= 15 is 0 Å². The number of rotatable bonds is 2. The van der Waals surface area contributed by atoms with Gasteiger partial charge in [-0.15, -0.1) is 0 Å². The molecule has 2 atom stereocenters. The maximum atomic E-state index is 13.6. The predicted molar refractivity (Wildman–Crippen MR) is 109 cm³/mol. The van der Waals surface area contributed by atoms with Crippen LogP contribution in [0.1, 0.15) is 34.1 Å². The Balaban J connectivity index is 1.54. The van der Waals surface area contributed by atoms with E-state index in [9.17, 15) is 19.7 Å². The van der Waals surface area contributed by atoms with Gasteiger partial charge in [-0.25, -0.2) is 4.90 Å². The molecule has 3 aromatic rings. The molecule has 0 saturated carbocycles. The molecule has 1 fully saturated rings. The molecule has 0 radical (unpaired) electrons. The lowest BCUT2D eigenvalue weighted by Crippen LogP contribution is -2.41. The number of hydrogen-bond donors (Lipinski definition) is 0. The van der Waals surface area contributed by atoms with Crippen molar-refractivity contribution in [2.45, 2.75) is 11.8 Å². The third-order valence-corrected chi connectivity index (χ3v) is 6.75. The number of nitrogens with zero attached hydrogens (tertiary/aromatic N) is 2. The fraction of sp³-hybridized carbons (Fsp3) is 0.167. The molecule has 0 N–H and O–H groups in total. The summed E-state index contributed by atoms with van der Waals surface area (Å²) in [5, 5.41) is 11.2. The summed E-state index contributed by atoms with van der Waals surface area (Å²) < 4.78 is 0. The second-order valence-corrected chi connectivity index (χ2v) is 8.05. The van der Waals surface area contributed by atoms with Gasteiger partial charge in [0.15, 0.2) is 0 Å². The Labute approximate surface area is 171 Å². The summed E-state index contributed by atoms with van der Waals surface area (Å²) in [7, 11) is 0. The van der Waals surface area contributed by atoms with Crippen LogP contribution in [0.15, 0.2) is 72.8 Å². The summed E-state index contributed by atoms with van der Waals surface area (Å²) in [5.74, 6) is -1.91. The first kappa shape index (κ1) is 17.1. The molecule has 6 nitrogen and oxygen atoms in total. The van der Waals surface area contributed by atoms with E-state index in [0.29, 0.717) is 0 Å². The molecule has 0 unspecified atom stereocenters. The standard InChI is InChI=1S/C24H16N2O4/c27-23-21-19-15-8-1-2-9-16(15)20(18-11-4-3-10-17(18)19)22(21)24(28)25(23)13-6-5-7-14(12-13)26(29)30/h1-12,19-22H/t19?,20?,21-,22+. The van der Waals surface area contributed by atoms with E-state index in [1.165, 1.54) is 23.1 Å². The molecule has 6 heteroatoms. The van der Waals surface area contributed by atoms with Crippen molar-refractivity contribution in [3.63, 3.8) is 0 Å². The number of nitro benzene ring substituents is 1. The number of nitro groups is 1. The third-order valence-electron chi connectivity index (χ3n) is 6.75. The van der Waals surface area contributed by atoms with Crippen LogP contribution >= 0.6 is 0 Å². The van der Waals surface area contributed by atoms with Crippen molar-refractivity contribution in [1.82, 2.24) is 0 Å². The minimum atomic E-state index is -0.517. The largest absolute Gasteiger partial charge is 0.274 e. The summed E-state index contributed by atoms with van der Waals surface area (Å²) in [4.78, 5) is 39.0. The predicted octanol–water partition coefficient (Wildman–Crippen LogP) is 3.99. The van der Waals surface area contributed by atoms with E-state index < -0.39 is 16.8 Å². The highest BCUT2D eigenvalue weighted by Crippen LogP contribution is 2.61. The van der Waals surface area contributed by atoms with Crippen molar-refractivity contribution < 1.29 is 14.5 Å². The summed E-state index contributed by atoms with van der Waals surface area (Å²) in [6.07, 6.45) is 0. The van der Waals surface area contributed by atoms with Crippen LogP contribution < -0.4 is 4.90 Å². The molecule has 1 saturated heterocycles. The van der Waals surface area contributed by atoms with Gasteiger partial charge < -0.3 is 0 Å². The number of anilines is 1. The van der Waals surface area contributed by atoms with Crippen molar-refractivity contribution in [3.05, 3.63) is 105 Å². The normalized spacial score (nSPS) is 25.7. The summed E-state index contributed by atoms with van der Waals surface area (Å²) in [5.41, 5.74) is 4.53. The minimum absolute atomic E-state index is 0.141. The van der Waals surface area contributed by atoms with Gasteiger partial charge in [-0.3, -0.25) is 19.7 Å². The van der Waals surface area contributed by atoms with Gasteiger partial charge in [0.05, 0.1) is 22.4 Å². The van der Waals surface area contributed by atoms with E-state index in [1.54, 1.807) is 6.07 Å². The highest BCUT2D eigenvalue weighted by Gasteiger charge is 2.61. The average molecular weight is 396 g/mol. The maximum Gasteiger partial charge on any atom is 0.271 e. The molecule has 1 aliphatic heterocycles. The molecule has 1 heterocycles. The monoisotopic (exact) mass is 396 g/mol. The molecule has 0 aromatic heterocycles. The molecule has 2 bridgehead atoms. The minimum Gasteiger partial charge on any atom is -0.274 e. The average Bonchev–Trinajstić information content (AvgIpc) is 3.04. The van der Waals surface area contributed by atoms with Crippen molar-refractivity contribution in [3.8, 4) is 0 Å². The van der Waals surface area contributed by atoms with E-state index in [1.807, 2.05) is 48.5 Å². The fourth-order valence-electron chi connectivity index (χ4n) is 5.68. The number of carbonyl (C=O) groups excluding carboxylic acids is 2. The van der Waals surface area contributed by atoms with Crippen molar-refractivity contribution >= 4 is 23.2 Å². The number of amides is 2. The third kappa shape index (κ3) is 2.03. The van der Waals surface area contributed by atoms with Gasteiger partial charge >= 0.3 is 0 Å². The maximum absolute atomic E-state index is 13.6. The first-order chi connectivity index (χ1) is 14.6. The van der Waals surface area contributed by atoms with Crippen LogP contribution in [0.5, 0.6) is 0 Å². The zero-order chi connectivity index (χ0) is 20.6. The lowest BCUT2D eigenvalue weighted by Gasteiger charge is -2.45. The smallest absolute Gasteiger partial charge is 0.271 e. The number of hydrogen-bond acceptors (Lipinski definition) is 4. The van der Waals surface area contributed by atoms with Crippen LogP contribution in [0.3, 0.4) is 0 Å². The van der Waals surface area contributed by atoms with Gasteiger partial charge in [-0.05, 0) is 28.3 Å². The molecule has 30 heavy (non-hydrogen) atoms. The highest BCUT2D eigenvalue weighted by molar-refractivity contribution is 6.23. The Hall–Kier alpha value is -3.80. The highest BCUT2D eigenvalue weighted by atomic mass is 16.6. The molecule has 4 aliphatic rings. The van der Waals surface area contributed by atoms with E-state index in [2.05, 4.69) is 0 Å². The SMILES string of the molecule is O=C1[C@@H]2C3c4ccccc4C(c4ccccc43)[C@@H]2C(=O)N1c1cccc([N+](=O)[O-])c1. The second kappa shape index (κ2) is 5.86. The number of imide groups is 1. The molecule has 2 amide bonds. The van der Waals surface area contributed by atoms with Crippen LogP contribution in [-0.4, -0.2) is 16.7 Å². The second-order valence-electron chi connectivity index (χ2n) is 8.05. The number of benzene rings is 3. The summed E-state index contributed by atoms with van der Waals surface area (Å²) in [6, 6.07) is 21.8. The zero-order valence-corrected chi connectivity index (χ0v) is 15.8. The Kier molecular flexibility index (Phi) is 3.34. The Morgan fingerprint density at radius 3 is 1.60 bits per heavy atom. The van der Waals surface area contributed by atoms with Crippen LogP contribution in [0.2, 0.25) is 0 Å². The molecule has 7 rings (SSSR count). The van der Waals surface area contributed by atoms with Crippen molar-refractivity contribution in [2.24, 2.45) is 11.8 Å². The molecule has 146 valence electrons. The summed E-state index contributed by atoms with van der Waals surface area (Å²) in [6.45, 7) is 0. The van der Waals surface area contributed by atoms with Crippen molar-refractivity contribution in [1.29, 1.82) is 0 Å². The van der Waals surface area contributed by atoms with Gasteiger partial charge in [0.2, 0.25) is 11.8 Å². The zero-order valence-electron chi connectivity index (χ0n) is 15.8. The van der Waals surface area contributed by atoms with Crippen LogP contribution in [-0.2, 0) is 9.59 Å². The van der Waals surface area contributed by atoms with Gasteiger partial charge in [-0.1, -0.05) is 54.6 Å². The Bertz CT molecular complexity index is 1150. The van der Waals surface area contributed by atoms with Gasteiger partial charge in [0, 0.05) is 24.0 Å². The lowest BCUT2D eigenvalue weighted by atomic mass is 9.55. The van der Waals surface area contributed by atoms with Gasteiger partial charge in [0.1, 0.15) is 0 Å². The Morgan fingerprint density at radius 2 is 1.17 bits per heavy atom. The van der Waals surface area contributed by atoms with E-state index in [4.69, 9.17) is 0 Å². The molecule has 3 aromatic carbocycles. The molecule has 3 aliphatic carbocycles. The first-order valence-corrected chi connectivity index (χ1v) is 9.88. The molecular weight excluding hydrogens is 380 g/mol. The van der Waals surface area contributed by atoms with Crippen molar-refractivity contribution in [2.75, 3.05) is 4.90 Å². The quantitative estimate of drug-likeness (QED) is 0.373. The lowest BCUT2D eigenvalue weighted by molar-refractivity contribution is -0.384. The van der Waals surface area contributed by atoms with Crippen LogP contribution in [0.4, 0.5) is 11.4 Å². The van der Waals surface area contributed by atoms with Crippen LogP contribution in [0, 0.1) is 22.0 Å². The Morgan fingerprint density at radius 1 is 0.700 bits per heavy atom. The summed E-state index contributed by atoms with van der Waals surface area (Å²) >= 11 is 0. The van der Waals surface area contributed by atoms with E-state index in [0.717, 1.165) is 22.3 Å². The van der Waals surface area contributed by atoms with Crippen LogP contribution in [0.25, 0.3) is 0 Å². The number of non-ortho nitro benzene ring substituents is 1. The van der Waals surface area contributed by atoms with Gasteiger partial charge in [0.25, 0.3) is 5.69 Å². The molecular formula is C24H16N2O4.